The largest absolute Gasteiger partial charge is 0.347 e. The Balaban J connectivity index is 1.69. The maximum absolute atomic E-state index is 12.3. The molecule has 0 aliphatic heterocycles. The fraction of sp³-hybridized carbons (Fsp3) is 0.111. The van der Waals surface area contributed by atoms with Crippen molar-refractivity contribution >= 4 is 17.2 Å². The minimum Gasteiger partial charge on any atom is -0.347 e. The minimum atomic E-state index is -0.0337. The van der Waals surface area contributed by atoms with E-state index in [2.05, 4.69) is 10.3 Å². The van der Waals surface area contributed by atoms with Crippen LogP contribution in [0.25, 0.3) is 10.4 Å². The van der Waals surface area contributed by atoms with Crippen LogP contribution in [0.2, 0.25) is 0 Å². The minimum absolute atomic E-state index is 0.0337. The molecule has 0 fully saturated rings. The van der Waals surface area contributed by atoms with E-state index in [4.69, 9.17) is 0 Å². The van der Waals surface area contributed by atoms with E-state index in [1.165, 1.54) is 16.9 Å². The third-order valence-electron chi connectivity index (χ3n) is 3.50. The summed E-state index contributed by atoms with van der Waals surface area (Å²) < 4.78 is 0. The summed E-state index contributed by atoms with van der Waals surface area (Å²) in [5, 5.41) is 2.98. The van der Waals surface area contributed by atoms with Crippen molar-refractivity contribution in [2.75, 3.05) is 0 Å². The van der Waals surface area contributed by atoms with Crippen LogP contribution >= 0.6 is 11.3 Å². The number of hydrogen-bond acceptors (Lipinski definition) is 3. The van der Waals surface area contributed by atoms with Crippen LogP contribution in [-0.4, -0.2) is 10.9 Å². The molecular weight excluding hydrogens is 292 g/mol. The Labute approximate surface area is 133 Å². The molecule has 3 rings (SSSR count). The van der Waals surface area contributed by atoms with E-state index >= 15 is 0 Å². The van der Waals surface area contributed by atoms with Crippen LogP contribution < -0.4 is 5.32 Å². The number of rotatable bonds is 4. The van der Waals surface area contributed by atoms with Gasteiger partial charge in [-0.2, -0.15) is 0 Å². The second-order valence-corrected chi connectivity index (χ2v) is 6.09. The van der Waals surface area contributed by atoms with Gasteiger partial charge in [-0.3, -0.25) is 9.78 Å². The number of hydrogen-bond donors (Lipinski definition) is 1. The lowest BCUT2D eigenvalue weighted by molar-refractivity contribution is 0.0955. The molecule has 0 unspecified atom stereocenters. The Morgan fingerprint density at radius 1 is 1.09 bits per heavy atom. The molecule has 0 radical (unpaired) electrons. The summed E-state index contributed by atoms with van der Waals surface area (Å²) in [6.45, 7) is 2.60. The molecule has 22 heavy (non-hydrogen) atoms. The van der Waals surface area contributed by atoms with Gasteiger partial charge in [-0.25, -0.2) is 0 Å². The molecule has 2 heterocycles. The van der Waals surface area contributed by atoms with Gasteiger partial charge in [-0.15, -0.1) is 11.3 Å². The van der Waals surface area contributed by atoms with Gasteiger partial charge in [0.25, 0.3) is 5.91 Å². The fourth-order valence-corrected chi connectivity index (χ4v) is 3.13. The highest BCUT2D eigenvalue weighted by Crippen LogP contribution is 2.27. The predicted octanol–water partition coefficient (Wildman–Crippen LogP) is 4.05. The molecule has 2 aromatic heterocycles. The SMILES string of the molecule is Cc1ccccc1CNC(=O)c1ccc(-c2ccncc2)s1. The number of amides is 1. The van der Waals surface area contributed by atoms with E-state index in [0.717, 1.165) is 20.9 Å². The number of aryl methyl sites for hydroxylation is 1. The Kier molecular flexibility index (Phi) is 4.30. The Morgan fingerprint density at radius 3 is 2.64 bits per heavy atom. The van der Waals surface area contributed by atoms with Crippen molar-refractivity contribution in [3.63, 3.8) is 0 Å². The maximum atomic E-state index is 12.3. The van der Waals surface area contributed by atoms with E-state index < -0.39 is 0 Å². The Bertz CT molecular complexity index is 781. The van der Waals surface area contributed by atoms with Gasteiger partial charge in [-0.1, -0.05) is 24.3 Å². The lowest BCUT2D eigenvalue weighted by atomic mass is 10.1. The molecule has 4 heteroatoms. The third kappa shape index (κ3) is 3.23. The van der Waals surface area contributed by atoms with Gasteiger partial charge in [0.15, 0.2) is 0 Å². The third-order valence-corrected chi connectivity index (χ3v) is 4.63. The van der Waals surface area contributed by atoms with Crippen LogP contribution in [0.3, 0.4) is 0 Å². The summed E-state index contributed by atoms with van der Waals surface area (Å²) in [6, 6.07) is 15.8. The maximum Gasteiger partial charge on any atom is 0.261 e. The van der Waals surface area contributed by atoms with Crippen molar-refractivity contribution < 1.29 is 4.79 Å². The topological polar surface area (TPSA) is 42.0 Å². The molecular formula is C18H16N2OS. The molecule has 0 saturated carbocycles. The first kappa shape index (κ1) is 14.5. The van der Waals surface area contributed by atoms with E-state index in [-0.39, 0.29) is 5.91 Å². The molecule has 1 N–H and O–H groups in total. The summed E-state index contributed by atoms with van der Waals surface area (Å²) in [6.07, 6.45) is 3.51. The lowest BCUT2D eigenvalue weighted by Gasteiger charge is -2.06. The summed E-state index contributed by atoms with van der Waals surface area (Å²) in [4.78, 5) is 18.1. The summed E-state index contributed by atoms with van der Waals surface area (Å²) >= 11 is 1.49. The van der Waals surface area contributed by atoms with Crippen molar-refractivity contribution in [1.82, 2.24) is 10.3 Å². The van der Waals surface area contributed by atoms with Gasteiger partial charge in [-0.05, 0) is 47.9 Å². The van der Waals surface area contributed by atoms with Crippen LogP contribution in [0.15, 0.2) is 60.9 Å². The van der Waals surface area contributed by atoms with Crippen LogP contribution in [0.1, 0.15) is 20.8 Å². The Hall–Kier alpha value is -2.46. The molecule has 0 bridgehead atoms. The molecule has 0 saturated heterocycles. The van der Waals surface area contributed by atoms with Gasteiger partial charge >= 0.3 is 0 Å². The first-order chi connectivity index (χ1) is 10.7. The van der Waals surface area contributed by atoms with E-state index in [1.54, 1.807) is 12.4 Å². The zero-order valence-electron chi connectivity index (χ0n) is 12.2. The number of pyridine rings is 1. The first-order valence-electron chi connectivity index (χ1n) is 7.07. The van der Waals surface area contributed by atoms with E-state index in [9.17, 15) is 4.79 Å². The molecule has 110 valence electrons. The van der Waals surface area contributed by atoms with Crippen LogP contribution in [-0.2, 0) is 6.54 Å². The second-order valence-electron chi connectivity index (χ2n) is 5.01. The highest BCUT2D eigenvalue weighted by atomic mass is 32.1. The first-order valence-corrected chi connectivity index (χ1v) is 7.88. The number of benzene rings is 1. The van der Waals surface area contributed by atoms with Gasteiger partial charge in [0, 0.05) is 23.8 Å². The molecule has 0 atom stereocenters. The average Bonchev–Trinajstić information content (AvgIpc) is 3.05. The second kappa shape index (κ2) is 6.54. The van der Waals surface area contributed by atoms with Crippen LogP contribution in [0.4, 0.5) is 0 Å². The Morgan fingerprint density at radius 2 is 1.86 bits per heavy atom. The standard InChI is InChI=1S/C18H16N2OS/c1-13-4-2-3-5-15(13)12-20-18(21)17-7-6-16(22-17)14-8-10-19-11-9-14/h2-11H,12H2,1H3,(H,20,21). The zero-order valence-corrected chi connectivity index (χ0v) is 13.1. The van der Waals surface area contributed by atoms with Crippen LogP contribution in [0.5, 0.6) is 0 Å². The summed E-state index contributed by atoms with van der Waals surface area (Å²) in [5.41, 5.74) is 3.41. The number of nitrogens with zero attached hydrogens (tertiary/aromatic N) is 1. The predicted molar refractivity (Wildman–Crippen MR) is 89.9 cm³/mol. The molecule has 3 nitrogen and oxygen atoms in total. The van der Waals surface area contributed by atoms with E-state index in [1.807, 2.05) is 55.5 Å². The molecule has 1 amide bonds. The summed E-state index contributed by atoms with van der Waals surface area (Å²) in [7, 11) is 0. The number of carbonyl (C=O) groups is 1. The van der Waals surface area contributed by atoms with Gasteiger partial charge < -0.3 is 5.32 Å². The average molecular weight is 308 g/mol. The number of thiophene rings is 1. The van der Waals surface area contributed by atoms with Gasteiger partial charge in [0.2, 0.25) is 0 Å². The molecule has 0 aliphatic carbocycles. The fourth-order valence-electron chi connectivity index (χ4n) is 2.20. The molecule has 0 aliphatic rings. The monoisotopic (exact) mass is 308 g/mol. The number of carbonyl (C=O) groups excluding carboxylic acids is 1. The molecule has 0 spiro atoms. The quantitative estimate of drug-likeness (QED) is 0.790. The molecule has 1 aromatic carbocycles. The normalized spacial score (nSPS) is 10.4. The van der Waals surface area contributed by atoms with E-state index in [0.29, 0.717) is 6.54 Å². The smallest absolute Gasteiger partial charge is 0.261 e. The lowest BCUT2D eigenvalue weighted by Crippen LogP contribution is -2.22. The molecule has 3 aromatic rings. The van der Waals surface area contributed by atoms with Crippen molar-refractivity contribution in [1.29, 1.82) is 0 Å². The van der Waals surface area contributed by atoms with Gasteiger partial charge in [0.05, 0.1) is 4.88 Å². The summed E-state index contributed by atoms with van der Waals surface area (Å²) in [5.74, 6) is -0.0337. The van der Waals surface area contributed by atoms with Crippen molar-refractivity contribution in [2.24, 2.45) is 0 Å². The van der Waals surface area contributed by atoms with Crippen molar-refractivity contribution in [3.05, 3.63) is 76.9 Å². The van der Waals surface area contributed by atoms with Gasteiger partial charge in [0.1, 0.15) is 0 Å². The highest BCUT2D eigenvalue weighted by Gasteiger charge is 2.10. The number of nitrogens with one attached hydrogen (secondary N) is 1. The number of aromatic nitrogens is 1. The van der Waals surface area contributed by atoms with Crippen LogP contribution in [0, 0.1) is 6.92 Å². The zero-order chi connectivity index (χ0) is 15.4. The van der Waals surface area contributed by atoms with Crippen molar-refractivity contribution in [3.8, 4) is 10.4 Å². The highest BCUT2D eigenvalue weighted by molar-refractivity contribution is 7.17. The van der Waals surface area contributed by atoms with Crippen molar-refractivity contribution in [2.45, 2.75) is 13.5 Å².